The number of carbonyl (C=O) groups is 1. The lowest BCUT2D eigenvalue weighted by atomic mass is 10.1. The Morgan fingerprint density at radius 1 is 1.21 bits per heavy atom. The van der Waals surface area contributed by atoms with Crippen molar-refractivity contribution < 1.29 is 13.6 Å². The van der Waals surface area contributed by atoms with Gasteiger partial charge in [0.25, 0.3) is 0 Å². The number of carbonyl (C=O) groups excluding carboxylic acids is 1. The van der Waals surface area contributed by atoms with Gasteiger partial charge >= 0.3 is 6.03 Å². The summed E-state index contributed by atoms with van der Waals surface area (Å²) >= 11 is 0. The van der Waals surface area contributed by atoms with E-state index in [1.807, 2.05) is 19.1 Å². The van der Waals surface area contributed by atoms with Gasteiger partial charge in [0.1, 0.15) is 11.5 Å². The van der Waals surface area contributed by atoms with E-state index < -0.39 is 11.6 Å². The number of hydrogen-bond donors (Lipinski definition) is 2. The molecule has 0 spiro atoms. The molecule has 7 nitrogen and oxygen atoms in total. The molecule has 1 saturated heterocycles. The number of benzene rings is 1. The number of nitrogens with zero attached hydrogens (tertiary/aromatic N) is 4. The van der Waals surface area contributed by atoms with Gasteiger partial charge in [0.2, 0.25) is 0 Å². The van der Waals surface area contributed by atoms with Crippen LogP contribution >= 0.6 is 0 Å². The lowest BCUT2D eigenvalue weighted by Gasteiger charge is -2.36. The summed E-state index contributed by atoms with van der Waals surface area (Å²) in [5.41, 5.74) is 0.870. The molecular formula is C20H22F2N6O. The van der Waals surface area contributed by atoms with E-state index in [1.54, 1.807) is 17.2 Å². The van der Waals surface area contributed by atoms with Crippen LogP contribution in [-0.2, 0) is 6.54 Å². The van der Waals surface area contributed by atoms with Crippen LogP contribution in [0.15, 0.2) is 30.5 Å². The fraction of sp³-hybridized carbons (Fsp3) is 0.350. The summed E-state index contributed by atoms with van der Waals surface area (Å²) < 4.78 is 28.5. The van der Waals surface area contributed by atoms with Gasteiger partial charge in [-0.15, -0.1) is 0 Å². The number of piperazine rings is 1. The number of aromatic nitrogens is 1. The largest absolute Gasteiger partial charge is 0.364 e. The van der Waals surface area contributed by atoms with Crippen molar-refractivity contribution in [3.63, 3.8) is 0 Å². The van der Waals surface area contributed by atoms with E-state index in [0.717, 1.165) is 17.7 Å². The highest BCUT2D eigenvalue weighted by molar-refractivity contribution is 5.88. The van der Waals surface area contributed by atoms with Crippen molar-refractivity contribution in [3.8, 4) is 6.07 Å². The second-order valence-corrected chi connectivity index (χ2v) is 6.70. The zero-order chi connectivity index (χ0) is 20.8. The minimum atomic E-state index is -0.717. The molecule has 1 aromatic heterocycles. The van der Waals surface area contributed by atoms with Crippen LogP contribution < -0.4 is 15.5 Å². The predicted octanol–water partition coefficient (Wildman–Crippen LogP) is 2.70. The number of urea groups is 1. The highest BCUT2D eigenvalue weighted by Gasteiger charge is 2.23. The Hall–Kier alpha value is -3.25. The zero-order valence-corrected chi connectivity index (χ0v) is 16.1. The van der Waals surface area contributed by atoms with Crippen LogP contribution in [0.1, 0.15) is 18.1 Å². The molecule has 9 heteroatoms. The van der Waals surface area contributed by atoms with Gasteiger partial charge in [-0.05, 0) is 36.8 Å². The summed E-state index contributed by atoms with van der Waals surface area (Å²) in [5, 5.41) is 14.1. The van der Waals surface area contributed by atoms with Crippen LogP contribution in [0, 0.1) is 23.0 Å². The van der Waals surface area contributed by atoms with Crippen LogP contribution in [-0.4, -0.2) is 48.6 Å². The summed E-state index contributed by atoms with van der Waals surface area (Å²) in [4.78, 5) is 19.6. The third kappa shape index (κ3) is 5.18. The summed E-state index contributed by atoms with van der Waals surface area (Å²) in [6.07, 6.45) is 1.63. The maximum absolute atomic E-state index is 14.2. The van der Waals surface area contributed by atoms with Crippen LogP contribution in [0.3, 0.4) is 0 Å². The van der Waals surface area contributed by atoms with E-state index in [9.17, 15) is 13.6 Å². The Labute approximate surface area is 167 Å². The summed E-state index contributed by atoms with van der Waals surface area (Å²) in [6, 6.07) is 7.24. The number of nitriles is 1. The molecule has 1 aromatic carbocycles. The Kier molecular flexibility index (Phi) is 6.57. The lowest BCUT2D eigenvalue weighted by Crippen LogP contribution is -2.46. The number of rotatable bonds is 5. The molecule has 2 N–H and O–H groups in total. The molecule has 2 heterocycles. The number of amides is 2. The highest BCUT2D eigenvalue weighted by Crippen LogP contribution is 2.26. The molecule has 3 rings (SSSR count). The summed E-state index contributed by atoms with van der Waals surface area (Å²) in [7, 11) is 0. The van der Waals surface area contributed by atoms with Crippen molar-refractivity contribution >= 4 is 17.5 Å². The average Bonchev–Trinajstić information content (AvgIpc) is 2.69. The lowest BCUT2D eigenvalue weighted by molar-refractivity contribution is 0.248. The minimum Gasteiger partial charge on any atom is -0.364 e. The topological polar surface area (TPSA) is 84.3 Å². The number of nitrogens with one attached hydrogen (secondary N) is 2. The first-order valence-electron chi connectivity index (χ1n) is 9.36. The van der Waals surface area contributed by atoms with Crippen LogP contribution in [0.5, 0.6) is 0 Å². The maximum atomic E-state index is 14.2. The number of halogens is 2. The first-order chi connectivity index (χ1) is 14.0. The van der Waals surface area contributed by atoms with E-state index in [2.05, 4.69) is 20.5 Å². The highest BCUT2D eigenvalue weighted by atomic mass is 19.1. The van der Waals surface area contributed by atoms with E-state index in [1.165, 1.54) is 0 Å². The van der Waals surface area contributed by atoms with Gasteiger partial charge in [0.15, 0.2) is 11.6 Å². The van der Waals surface area contributed by atoms with Gasteiger partial charge in [-0.1, -0.05) is 0 Å². The monoisotopic (exact) mass is 400 g/mol. The van der Waals surface area contributed by atoms with Gasteiger partial charge in [-0.25, -0.2) is 18.6 Å². The van der Waals surface area contributed by atoms with Crippen molar-refractivity contribution in [2.75, 3.05) is 42.9 Å². The molecule has 2 amide bonds. The van der Waals surface area contributed by atoms with E-state index in [4.69, 9.17) is 5.26 Å². The van der Waals surface area contributed by atoms with Crippen LogP contribution in [0.4, 0.5) is 25.1 Å². The SMILES string of the molecule is CCNC(=O)Nc1cc(CN2CCN(c3c(F)cc(C#N)cc3F)CC2)ccn1. The Morgan fingerprint density at radius 3 is 2.52 bits per heavy atom. The zero-order valence-electron chi connectivity index (χ0n) is 16.1. The first kappa shape index (κ1) is 20.5. The van der Waals surface area contributed by atoms with Gasteiger partial charge in [0, 0.05) is 45.5 Å². The fourth-order valence-electron chi connectivity index (χ4n) is 3.28. The molecule has 2 aromatic rings. The Balaban J connectivity index is 1.60. The van der Waals surface area contributed by atoms with Crippen molar-refractivity contribution in [2.24, 2.45) is 0 Å². The second kappa shape index (κ2) is 9.30. The maximum Gasteiger partial charge on any atom is 0.320 e. The molecule has 0 saturated carbocycles. The number of hydrogen-bond acceptors (Lipinski definition) is 5. The Morgan fingerprint density at radius 2 is 1.90 bits per heavy atom. The third-order valence-corrected chi connectivity index (χ3v) is 4.64. The van der Waals surface area contributed by atoms with Crippen LogP contribution in [0.25, 0.3) is 0 Å². The normalized spacial score (nSPS) is 14.3. The molecule has 0 aliphatic carbocycles. The van der Waals surface area contributed by atoms with Crippen molar-refractivity contribution in [1.29, 1.82) is 5.26 Å². The average molecular weight is 400 g/mol. The standard InChI is InChI=1S/C20H22F2N6O/c1-2-24-20(29)26-18-11-14(3-4-25-18)13-27-5-7-28(8-6-27)19-16(21)9-15(12-23)10-17(19)22/h3-4,9-11H,2,5-8,13H2,1H3,(H2,24,25,26,29). The third-order valence-electron chi connectivity index (χ3n) is 4.64. The van der Waals surface area contributed by atoms with E-state index >= 15 is 0 Å². The number of anilines is 2. The van der Waals surface area contributed by atoms with Crippen molar-refractivity contribution in [2.45, 2.75) is 13.5 Å². The van der Waals surface area contributed by atoms with Gasteiger partial charge < -0.3 is 10.2 Å². The first-order valence-corrected chi connectivity index (χ1v) is 9.36. The Bertz CT molecular complexity index is 898. The molecule has 0 bridgehead atoms. The minimum absolute atomic E-state index is 0.0305. The molecule has 1 aliphatic heterocycles. The summed E-state index contributed by atoms with van der Waals surface area (Å²) in [6.45, 7) is 5.18. The van der Waals surface area contributed by atoms with E-state index in [-0.39, 0.29) is 17.3 Å². The molecule has 0 unspecified atom stereocenters. The van der Waals surface area contributed by atoms with Gasteiger partial charge in [-0.2, -0.15) is 5.26 Å². The molecule has 1 aliphatic rings. The number of pyridine rings is 1. The van der Waals surface area contributed by atoms with Crippen LogP contribution in [0.2, 0.25) is 0 Å². The molecular weight excluding hydrogens is 378 g/mol. The van der Waals surface area contributed by atoms with Gasteiger partial charge in [-0.3, -0.25) is 10.2 Å². The second-order valence-electron chi connectivity index (χ2n) is 6.70. The van der Waals surface area contributed by atoms with Crippen molar-refractivity contribution in [3.05, 3.63) is 53.2 Å². The molecule has 0 radical (unpaired) electrons. The molecule has 0 atom stereocenters. The molecule has 29 heavy (non-hydrogen) atoms. The van der Waals surface area contributed by atoms with Gasteiger partial charge in [0.05, 0.1) is 11.6 Å². The quantitative estimate of drug-likeness (QED) is 0.806. The van der Waals surface area contributed by atoms with Crippen molar-refractivity contribution in [1.82, 2.24) is 15.2 Å². The fourth-order valence-corrected chi connectivity index (χ4v) is 3.28. The van der Waals surface area contributed by atoms with E-state index in [0.29, 0.717) is 45.1 Å². The molecule has 1 fully saturated rings. The summed E-state index contributed by atoms with van der Waals surface area (Å²) in [5.74, 6) is -0.968. The molecule has 152 valence electrons. The predicted molar refractivity (Wildman–Crippen MR) is 105 cm³/mol. The smallest absolute Gasteiger partial charge is 0.320 e.